The number of carbonyl (C=O) groups excluding carboxylic acids is 4. The molecule has 0 aromatic carbocycles. The van der Waals surface area contributed by atoms with Crippen LogP contribution in [-0.4, -0.2) is 77.1 Å². The van der Waals surface area contributed by atoms with Gasteiger partial charge in [0.2, 0.25) is 23.6 Å². The summed E-state index contributed by atoms with van der Waals surface area (Å²) >= 11 is 0. The zero-order chi connectivity index (χ0) is 23.3. The van der Waals surface area contributed by atoms with Gasteiger partial charge in [-0.05, 0) is 39.2 Å². The van der Waals surface area contributed by atoms with Crippen molar-refractivity contribution in [3.05, 3.63) is 0 Å². The molecule has 0 saturated heterocycles. The number of carbonyl (C=O) groups is 5. The minimum Gasteiger partial charge on any atom is -0.480 e. The first-order chi connectivity index (χ1) is 14.0. The first-order valence-electron chi connectivity index (χ1n) is 9.52. The van der Waals surface area contributed by atoms with Gasteiger partial charge in [0.1, 0.15) is 18.1 Å². The summed E-state index contributed by atoms with van der Waals surface area (Å²) in [6.07, 6.45) is 0.812. The molecular formula is C17H32N6O7. The van der Waals surface area contributed by atoms with E-state index in [0.717, 1.165) is 0 Å². The van der Waals surface area contributed by atoms with Gasteiger partial charge in [-0.15, -0.1) is 0 Å². The highest BCUT2D eigenvalue weighted by molar-refractivity contribution is 5.94. The molecule has 4 atom stereocenters. The summed E-state index contributed by atoms with van der Waals surface area (Å²) in [7, 11) is 0. The Balaban J connectivity index is 5.36. The fraction of sp³-hybridized carbons (Fsp3) is 0.706. The van der Waals surface area contributed by atoms with Gasteiger partial charge in [-0.3, -0.25) is 19.2 Å². The van der Waals surface area contributed by atoms with E-state index in [1.54, 1.807) is 0 Å². The number of rotatable bonds is 15. The fourth-order valence-corrected chi connectivity index (χ4v) is 2.35. The predicted molar refractivity (Wildman–Crippen MR) is 105 cm³/mol. The van der Waals surface area contributed by atoms with Crippen molar-refractivity contribution in [1.82, 2.24) is 16.0 Å². The molecule has 11 N–H and O–H groups in total. The number of hydrogen-bond acceptors (Lipinski definition) is 8. The minimum atomic E-state index is -1.55. The molecule has 0 aromatic heterocycles. The van der Waals surface area contributed by atoms with E-state index in [4.69, 9.17) is 27.4 Å². The number of nitrogens with one attached hydrogen (secondary N) is 3. The van der Waals surface area contributed by atoms with Crippen LogP contribution in [0.4, 0.5) is 0 Å². The van der Waals surface area contributed by atoms with Crippen LogP contribution >= 0.6 is 0 Å². The van der Waals surface area contributed by atoms with Crippen molar-refractivity contribution in [3.8, 4) is 0 Å². The largest absolute Gasteiger partial charge is 0.480 e. The second kappa shape index (κ2) is 14.3. The molecule has 13 heteroatoms. The highest BCUT2D eigenvalue weighted by atomic mass is 16.4. The van der Waals surface area contributed by atoms with Crippen LogP contribution in [-0.2, 0) is 24.0 Å². The summed E-state index contributed by atoms with van der Waals surface area (Å²) in [4.78, 5) is 59.1. The predicted octanol–water partition coefficient (Wildman–Crippen LogP) is -3.74. The molecule has 0 bridgehead atoms. The fourth-order valence-electron chi connectivity index (χ4n) is 2.35. The number of aliphatic hydroxyl groups is 1. The molecule has 30 heavy (non-hydrogen) atoms. The van der Waals surface area contributed by atoms with E-state index >= 15 is 0 Å². The summed E-state index contributed by atoms with van der Waals surface area (Å²) in [5.74, 6) is -4.37. The third kappa shape index (κ3) is 10.7. The van der Waals surface area contributed by atoms with E-state index in [1.807, 2.05) is 0 Å². The highest BCUT2D eigenvalue weighted by Gasteiger charge is 2.29. The lowest BCUT2D eigenvalue weighted by Gasteiger charge is -2.24. The van der Waals surface area contributed by atoms with Crippen molar-refractivity contribution in [3.63, 3.8) is 0 Å². The van der Waals surface area contributed by atoms with Crippen molar-refractivity contribution in [2.24, 2.45) is 17.2 Å². The molecule has 4 amide bonds. The molecule has 0 spiro atoms. The molecule has 0 heterocycles. The molecule has 0 radical (unpaired) electrons. The third-order valence-electron chi connectivity index (χ3n) is 4.10. The first-order valence-corrected chi connectivity index (χ1v) is 9.52. The van der Waals surface area contributed by atoms with E-state index in [0.29, 0.717) is 19.4 Å². The van der Waals surface area contributed by atoms with Gasteiger partial charge >= 0.3 is 5.97 Å². The van der Waals surface area contributed by atoms with Crippen LogP contribution in [0.1, 0.15) is 39.0 Å². The summed E-state index contributed by atoms with van der Waals surface area (Å²) in [5, 5.41) is 25.0. The Bertz CT molecular complexity index is 613. The van der Waals surface area contributed by atoms with E-state index in [9.17, 15) is 24.0 Å². The van der Waals surface area contributed by atoms with E-state index in [-0.39, 0.29) is 19.3 Å². The van der Waals surface area contributed by atoms with Gasteiger partial charge in [0.25, 0.3) is 0 Å². The van der Waals surface area contributed by atoms with E-state index in [1.165, 1.54) is 6.92 Å². The number of carboxylic acid groups (broad SMARTS) is 1. The second-order valence-corrected chi connectivity index (χ2v) is 6.78. The molecule has 0 aromatic rings. The standard InChI is InChI=1S/C17H32N6O7/c1-9(19)14(26)21-11(5-6-13(20)25)16(28)22-10(4-2-3-7-18)15(27)23-12(8-24)17(29)30/h9-12,24H,2-8,18-19H2,1H3,(H2,20,25)(H,21,26)(H,22,28)(H,23,27)(H,29,30). The molecular weight excluding hydrogens is 400 g/mol. The average molecular weight is 432 g/mol. The quantitative estimate of drug-likeness (QED) is 0.118. The van der Waals surface area contributed by atoms with Gasteiger partial charge in [-0.2, -0.15) is 0 Å². The lowest BCUT2D eigenvalue weighted by molar-refractivity contribution is -0.143. The smallest absolute Gasteiger partial charge is 0.328 e. The Kier molecular flexibility index (Phi) is 12.9. The van der Waals surface area contributed by atoms with Crippen LogP contribution < -0.4 is 33.2 Å². The van der Waals surface area contributed by atoms with Gasteiger partial charge in [0.15, 0.2) is 0 Å². The SMILES string of the molecule is CC(N)C(=O)NC(CCC(N)=O)C(=O)NC(CCCCN)C(=O)NC(CO)C(=O)O. The number of hydrogen-bond donors (Lipinski definition) is 8. The summed E-state index contributed by atoms with van der Waals surface area (Å²) < 4.78 is 0. The maximum absolute atomic E-state index is 12.7. The maximum atomic E-state index is 12.7. The number of amides is 4. The number of primary amides is 1. The summed E-state index contributed by atoms with van der Waals surface area (Å²) in [6.45, 7) is 0.918. The van der Waals surface area contributed by atoms with Crippen LogP contribution in [0, 0.1) is 0 Å². The highest BCUT2D eigenvalue weighted by Crippen LogP contribution is 2.05. The number of unbranched alkanes of at least 4 members (excludes halogenated alkanes) is 1. The summed E-state index contributed by atoms with van der Waals surface area (Å²) in [5.41, 5.74) is 16.0. The van der Waals surface area contributed by atoms with Crippen molar-refractivity contribution >= 4 is 29.6 Å². The molecule has 4 unspecified atom stereocenters. The van der Waals surface area contributed by atoms with Crippen molar-refractivity contribution < 1.29 is 34.2 Å². The lowest BCUT2D eigenvalue weighted by atomic mass is 10.1. The number of aliphatic carboxylic acids is 1. The van der Waals surface area contributed by atoms with Crippen molar-refractivity contribution in [2.75, 3.05) is 13.2 Å². The molecule has 0 aliphatic rings. The Labute approximate surface area is 174 Å². The monoisotopic (exact) mass is 432 g/mol. The second-order valence-electron chi connectivity index (χ2n) is 6.78. The molecule has 0 aliphatic heterocycles. The van der Waals surface area contributed by atoms with Crippen LogP contribution in [0.5, 0.6) is 0 Å². The normalized spacial score (nSPS) is 14.7. The Hall–Kier alpha value is -2.77. The molecule has 13 nitrogen and oxygen atoms in total. The molecule has 0 saturated carbocycles. The molecule has 0 rings (SSSR count). The number of aliphatic hydroxyl groups excluding tert-OH is 1. The van der Waals surface area contributed by atoms with Gasteiger partial charge < -0.3 is 43.4 Å². The Morgan fingerprint density at radius 2 is 1.37 bits per heavy atom. The van der Waals surface area contributed by atoms with Crippen molar-refractivity contribution in [1.29, 1.82) is 0 Å². The van der Waals surface area contributed by atoms with Crippen LogP contribution in [0.3, 0.4) is 0 Å². The van der Waals surface area contributed by atoms with Crippen LogP contribution in [0.2, 0.25) is 0 Å². The molecule has 172 valence electrons. The minimum absolute atomic E-state index is 0.120. The lowest BCUT2D eigenvalue weighted by Crippen LogP contribution is -2.57. The average Bonchev–Trinajstić information content (AvgIpc) is 2.67. The van der Waals surface area contributed by atoms with Gasteiger partial charge in [0, 0.05) is 6.42 Å². The van der Waals surface area contributed by atoms with Crippen LogP contribution in [0.25, 0.3) is 0 Å². The zero-order valence-corrected chi connectivity index (χ0v) is 16.9. The third-order valence-corrected chi connectivity index (χ3v) is 4.10. The van der Waals surface area contributed by atoms with Gasteiger partial charge in [-0.1, -0.05) is 0 Å². The van der Waals surface area contributed by atoms with E-state index in [2.05, 4.69) is 16.0 Å². The Morgan fingerprint density at radius 1 is 0.867 bits per heavy atom. The van der Waals surface area contributed by atoms with Gasteiger partial charge in [0.05, 0.1) is 12.6 Å². The number of nitrogens with two attached hydrogens (primary N) is 3. The topological polar surface area (TPSA) is 240 Å². The Morgan fingerprint density at radius 3 is 1.80 bits per heavy atom. The molecule has 0 fully saturated rings. The van der Waals surface area contributed by atoms with E-state index < -0.39 is 60.4 Å². The first kappa shape index (κ1) is 27.2. The van der Waals surface area contributed by atoms with Crippen LogP contribution in [0.15, 0.2) is 0 Å². The zero-order valence-electron chi connectivity index (χ0n) is 16.9. The van der Waals surface area contributed by atoms with Gasteiger partial charge in [-0.25, -0.2) is 4.79 Å². The number of carboxylic acids is 1. The maximum Gasteiger partial charge on any atom is 0.328 e. The molecule has 0 aliphatic carbocycles. The summed E-state index contributed by atoms with van der Waals surface area (Å²) in [6, 6.07) is -4.80. The van der Waals surface area contributed by atoms with Crippen molar-refractivity contribution in [2.45, 2.75) is 63.2 Å².